The van der Waals surface area contributed by atoms with Gasteiger partial charge in [-0.2, -0.15) is 0 Å². The maximum absolute atomic E-state index is 3.63. The fraction of sp³-hybridized carbons (Fsp3) is 0.444. The average Bonchev–Trinajstić information content (AvgIpc) is 3.14. The highest BCUT2D eigenvalue weighted by Gasteiger charge is 2.39. The van der Waals surface area contributed by atoms with Crippen LogP contribution >= 0.6 is 0 Å². The van der Waals surface area contributed by atoms with Crippen LogP contribution in [0, 0.1) is 5.92 Å². The third kappa shape index (κ3) is 2.82. The van der Waals surface area contributed by atoms with Crippen molar-refractivity contribution in [1.29, 1.82) is 0 Å². The van der Waals surface area contributed by atoms with Crippen molar-refractivity contribution in [3.05, 3.63) is 48.0 Å². The summed E-state index contributed by atoms with van der Waals surface area (Å²) in [7, 11) is 0. The molecule has 0 bridgehead atoms. The molecule has 2 aromatic rings. The molecule has 1 saturated carbocycles. The molecule has 2 aromatic carbocycles. The summed E-state index contributed by atoms with van der Waals surface area (Å²) in [6.45, 7) is 7.85. The second-order valence-corrected chi connectivity index (χ2v) is 6.80. The summed E-state index contributed by atoms with van der Waals surface area (Å²) >= 11 is 0. The Morgan fingerprint density at radius 1 is 1.05 bits per heavy atom. The summed E-state index contributed by atoms with van der Waals surface area (Å²) in [6.07, 6.45) is 1.33. The SMILES string of the molecule is CC(C)(C)NCC1CC1c1cccc2ccccc12. The summed E-state index contributed by atoms with van der Waals surface area (Å²) in [6, 6.07) is 15.5. The van der Waals surface area contributed by atoms with Gasteiger partial charge >= 0.3 is 0 Å². The minimum Gasteiger partial charge on any atom is -0.312 e. The molecule has 100 valence electrons. The molecule has 0 radical (unpaired) electrons. The first kappa shape index (κ1) is 12.7. The molecule has 0 heterocycles. The van der Waals surface area contributed by atoms with Crippen molar-refractivity contribution in [3.63, 3.8) is 0 Å². The Balaban J connectivity index is 1.77. The predicted molar refractivity (Wildman–Crippen MR) is 82.6 cm³/mol. The van der Waals surface area contributed by atoms with Crippen LogP contribution in [0.1, 0.15) is 38.7 Å². The Kier molecular flexibility index (Phi) is 3.10. The molecular formula is C18H23N. The fourth-order valence-corrected chi connectivity index (χ4v) is 2.87. The zero-order valence-corrected chi connectivity index (χ0v) is 12.1. The van der Waals surface area contributed by atoms with Gasteiger partial charge in [-0.1, -0.05) is 42.5 Å². The smallest absolute Gasteiger partial charge is 0.00966 e. The fourth-order valence-electron chi connectivity index (χ4n) is 2.87. The second kappa shape index (κ2) is 4.64. The Morgan fingerprint density at radius 2 is 1.79 bits per heavy atom. The van der Waals surface area contributed by atoms with Crippen molar-refractivity contribution in [2.75, 3.05) is 6.54 Å². The number of hydrogen-bond acceptors (Lipinski definition) is 1. The Morgan fingerprint density at radius 3 is 2.58 bits per heavy atom. The summed E-state index contributed by atoms with van der Waals surface area (Å²) < 4.78 is 0. The van der Waals surface area contributed by atoms with Crippen LogP contribution in [0.2, 0.25) is 0 Å². The predicted octanol–water partition coefficient (Wildman–Crippen LogP) is 4.33. The molecule has 0 saturated heterocycles. The van der Waals surface area contributed by atoms with Crippen molar-refractivity contribution in [2.24, 2.45) is 5.92 Å². The lowest BCUT2D eigenvalue weighted by molar-refractivity contribution is 0.414. The van der Waals surface area contributed by atoms with E-state index in [9.17, 15) is 0 Å². The van der Waals surface area contributed by atoms with Gasteiger partial charge in [0.15, 0.2) is 0 Å². The van der Waals surface area contributed by atoms with E-state index in [1.165, 1.54) is 17.2 Å². The Bertz CT molecular complexity index is 574. The molecule has 1 aliphatic carbocycles. The first-order valence-electron chi connectivity index (χ1n) is 7.27. The number of rotatable bonds is 3. The third-order valence-corrected chi connectivity index (χ3v) is 4.04. The van der Waals surface area contributed by atoms with Gasteiger partial charge in [0, 0.05) is 5.54 Å². The average molecular weight is 253 g/mol. The number of hydrogen-bond donors (Lipinski definition) is 1. The first-order valence-corrected chi connectivity index (χ1v) is 7.27. The van der Waals surface area contributed by atoms with E-state index < -0.39 is 0 Å². The van der Waals surface area contributed by atoms with Crippen molar-refractivity contribution >= 4 is 10.8 Å². The van der Waals surface area contributed by atoms with Crippen molar-refractivity contribution < 1.29 is 0 Å². The van der Waals surface area contributed by atoms with Gasteiger partial charge in [0.05, 0.1) is 0 Å². The molecule has 19 heavy (non-hydrogen) atoms. The Labute approximate surface area is 116 Å². The lowest BCUT2D eigenvalue weighted by Crippen LogP contribution is -2.37. The summed E-state index contributed by atoms with van der Waals surface area (Å²) in [4.78, 5) is 0. The van der Waals surface area contributed by atoms with E-state index in [2.05, 4.69) is 68.6 Å². The van der Waals surface area contributed by atoms with Crippen LogP contribution in [0.4, 0.5) is 0 Å². The molecule has 0 aliphatic heterocycles. The molecule has 2 unspecified atom stereocenters. The topological polar surface area (TPSA) is 12.0 Å². The second-order valence-electron chi connectivity index (χ2n) is 6.80. The van der Waals surface area contributed by atoms with Gasteiger partial charge in [-0.05, 0) is 61.9 Å². The highest BCUT2D eigenvalue weighted by Crippen LogP contribution is 2.49. The molecule has 0 spiro atoms. The van der Waals surface area contributed by atoms with Gasteiger partial charge in [0.25, 0.3) is 0 Å². The van der Waals surface area contributed by atoms with Crippen LogP contribution in [0.3, 0.4) is 0 Å². The van der Waals surface area contributed by atoms with Crippen molar-refractivity contribution in [2.45, 2.75) is 38.6 Å². The molecule has 2 atom stereocenters. The van der Waals surface area contributed by atoms with Crippen molar-refractivity contribution in [3.8, 4) is 0 Å². The van der Waals surface area contributed by atoms with Crippen LogP contribution in [0.25, 0.3) is 10.8 Å². The quantitative estimate of drug-likeness (QED) is 0.858. The molecular weight excluding hydrogens is 230 g/mol. The normalized spacial score (nSPS) is 22.7. The largest absolute Gasteiger partial charge is 0.312 e. The zero-order valence-electron chi connectivity index (χ0n) is 12.1. The maximum atomic E-state index is 3.63. The highest BCUT2D eigenvalue weighted by molar-refractivity contribution is 5.86. The number of fused-ring (bicyclic) bond motifs is 1. The maximum Gasteiger partial charge on any atom is 0.00966 e. The van der Waals surface area contributed by atoms with E-state index in [0.717, 1.165) is 18.4 Å². The number of nitrogens with one attached hydrogen (secondary N) is 1. The molecule has 0 amide bonds. The van der Waals surface area contributed by atoms with Gasteiger partial charge < -0.3 is 5.32 Å². The summed E-state index contributed by atoms with van der Waals surface area (Å²) in [5.74, 6) is 1.56. The van der Waals surface area contributed by atoms with E-state index in [-0.39, 0.29) is 5.54 Å². The van der Waals surface area contributed by atoms with Crippen LogP contribution in [-0.4, -0.2) is 12.1 Å². The molecule has 1 N–H and O–H groups in total. The lowest BCUT2D eigenvalue weighted by Gasteiger charge is -2.20. The molecule has 0 aromatic heterocycles. The highest BCUT2D eigenvalue weighted by atomic mass is 15.0. The van der Waals surface area contributed by atoms with Gasteiger partial charge in [0.1, 0.15) is 0 Å². The van der Waals surface area contributed by atoms with E-state index in [4.69, 9.17) is 0 Å². The Hall–Kier alpha value is -1.34. The van der Waals surface area contributed by atoms with Gasteiger partial charge in [-0.25, -0.2) is 0 Å². The van der Waals surface area contributed by atoms with Crippen LogP contribution in [0.15, 0.2) is 42.5 Å². The minimum absolute atomic E-state index is 0.228. The lowest BCUT2D eigenvalue weighted by atomic mass is 10.00. The zero-order chi connectivity index (χ0) is 13.5. The monoisotopic (exact) mass is 253 g/mol. The van der Waals surface area contributed by atoms with Crippen LogP contribution in [0.5, 0.6) is 0 Å². The van der Waals surface area contributed by atoms with Gasteiger partial charge in [-0.15, -0.1) is 0 Å². The summed E-state index contributed by atoms with van der Waals surface area (Å²) in [5.41, 5.74) is 1.77. The third-order valence-electron chi connectivity index (χ3n) is 4.04. The van der Waals surface area contributed by atoms with E-state index in [1.807, 2.05) is 0 Å². The van der Waals surface area contributed by atoms with E-state index >= 15 is 0 Å². The molecule has 3 rings (SSSR count). The van der Waals surface area contributed by atoms with Crippen LogP contribution in [-0.2, 0) is 0 Å². The standard InChI is InChI=1S/C18H23N/c1-18(2,3)19-12-14-11-17(14)16-10-6-8-13-7-4-5-9-15(13)16/h4-10,14,17,19H,11-12H2,1-3H3. The minimum atomic E-state index is 0.228. The van der Waals surface area contributed by atoms with E-state index in [1.54, 1.807) is 5.56 Å². The van der Waals surface area contributed by atoms with E-state index in [0.29, 0.717) is 0 Å². The summed E-state index contributed by atoms with van der Waals surface area (Å²) in [5, 5.41) is 6.44. The van der Waals surface area contributed by atoms with Gasteiger partial charge in [-0.3, -0.25) is 0 Å². The first-order chi connectivity index (χ1) is 9.04. The van der Waals surface area contributed by atoms with Gasteiger partial charge in [0.2, 0.25) is 0 Å². The molecule has 1 nitrogen and oxygen atoms in total. The van der Waals surface area contributed by atoms with Crippen LogP contribution < -0.4 is 5.32 Å². The number of benzene rings is 2. The van der Waals surface area contributed by atoms with Crippen molar-refractivity contribution in [1.82, 2.24) is 5.32 Å². The molecule has 1 fully saturated rings. The molecule has 1 aliphatic rings. The molecule has 1 heteroatoms.